The fraction of sp³-hybridized carbons (Fsp3) is 0.0833. The molecule has 2 aromatic carbocycles. The second kappa shape index (κ2) is 10.3. The van der Waals surface area contributed by atoms with E-state index in [4.69, 9.17) is 0 Å². The van der Waals surface area contributed by atoms with Crippen molar-refractivity contribution < 1.29 is 9.18 Å². The molecule has 9 nitrogen and oxygen atoms in total. The van der Waals surface area contributed by atoms with Crippen LogP contribution in [0.15, 0.2) is 90.7 Å². The predicted octanol–water partition coefficient (Wildman–Crippen LogP) is 3.46. The van der Waals surface area contributed by atoms with Gasteiger partial charge < -0.3 is 5.32 Å². The lowest BCUT2D eigenvalue weighted by Gasteiger charge is -2.11. The number of hydrogen-bond acceptors (Lipinski definition) is 7. The third-order valence-electron chi connectivity index (χ3n) is 5.07. The molecular formula is C24H19FN8OS. The molecule has 0 aliphatic heterocycles. The second-order valence-electron chi connectivity index (χ2n) is 7.35. The molecule has 0 bridgehead atoms. The van der Waals surface area contributed by atoms with Crippen LogP contribution in [0.2, 0.25) is 0 Å². The van der Waals surface area contributed by atoms with Gasteiger partial charge >= 0.3 is 0 Å². The summed E-state index contributed by atoms with van der Waals surface area (Å²) in [5, 5.41) is 16.0. The zero-order chi connectivity index (χ0) is 24.0. The molecule has 0 aliphatic carbocycles. The van der Waals surface area contributed by atoms with Crippen molar-refractivity contribution in [2.45, 2.75) is 11.7 Å². The normalized spacial score (nSPS) is 10.9. The number of halogens is 1. The van der Waals surface area contributed by atoms with Gasteiger partial charge in [0.1, 0.15) is 18.5 Å². The van der Waals surface area contributed by atoms with Crippen LogP contribution in [0, 0.1) is 5.82 Å². The van der Waals surface area contributed by atoms with E-state index in [0.29, 0.717) is 22.4 Å². The number of thioether (sulfide) groups is 1. The van der Waals surface area contributed by atoms with Crippen LogP contribution in [-0.2, 0) is 11.3 Å². The zero-order valence-electron chi connectivity index (χ0n) is 18.3. The first-order valence-corrected chi connectivity index (χ1v) is 11.6. The predicted molar refractivity (Wildman–Crippen MR) is 128 cm³/mol. The minimum absolute atomic E-state index is 0.0984. The number of rotatable bonds is 8. The Hall–Kier alpha value is -4.38. The minimum Gasteiger partial charge on any atom is -0.351 e. The largest absolute Gasteiger partial charge is 0.351 e. The number of carbonyl (C=O) groups is 1. The van der Waals surface area contributed by atoms with E-state index < -0.39 is 5.82 Å². The first kappa shape index (κ1) is 22.4. The first-order valence-electron chi connectivity index (χ1n) is 10.6. The summed E-state index contributed by atoms with van der Waals surface area (Å²) in [6.45, 7) is 0.272. The third kappa shape index (κ3) is 4.94. The summed E-state index contributed by atoms with van der Waals surface area (Å²) in [6, 6.07) is 19.5. The smallest absolute Gasteiger partial charge is 0.230 e. The molecule has 174 valence electrons. The number of para-hydroxylation sites is 1. The van der Waals surface area contributed by atoms with Crippen LogP contribution in [0.5, 0.6) is 0 Å². The number of aromatic nitrogens is 7. The highest BCUT2D eigenvalue weighted by Crippen LogP contribution is 2.29. The van der Waals surface area contributed by atoms with E-state index >= 15 is 0 Å². The van der Waals surface area contributed by atoms with Crippen molar-refractivity contribution in [1.82, 2.24) is 39.8 Å². The van der Waals surface area contributed by atoms with Crippen LogP contribution < -0.4 is 5.32 Å². The van der Waals surface area contributed by atoms with Crippen LogP contribution in [0.1, 0.15) is 5.56 Å². The lowest BCUT2D eigenvalue weighted by molar-refractivity contribution is -0.118. The van der Waals surface area contributed by atoms with Crippen molar-refractivity contribution in [3.63, 3.8) is 0 Å². The molecule has 11 heteroatoms. The molecule has 0 aliphatic rings. The minimum atomic E-state index is -0.397. The quantitative estimate of drug-likeness (QED) is 0.335. The number of nitrogens with zero attached hydrogens (tertiary/aromatic N) is 7. The number of benzene rings is 2. The fourth-order valence-electron chi connectivity index (χ4n) is 3.46. The Morgan fingerprint density at radius 2 is 1.83 bits per heavy atom. The summed E-state index contributed by atoms with van der Waals surface area (Å²) in [5.74, 6) is 0.465. The molecule has 0 saturated heterocycles. The van der Waals surface area contributed by atoms with Gasteiger partial charge in [0.05, 0.1) is 11.3 Å². The fourth-order valence-corrected chi connectivity index (χ4v) is 4.24. The standard InChI is InChI=1S/C24H19FN8OS/c25-20-11-5-4-10-19(20)23-30-31-24(33(23)18-8-2-1-3-9-18)35-14-21(34)28-13-17-7-6-12-27-22(17)32-16-26-15-29-32/h1-12,15-16H,13-14H2,(H,28,34). The molecule has 35 heavy (non-hydrogen) atoms. The SMILES string of the molecule is O=C(CSc1nnc(-c2ccccc2F)n1-c1ccccc1)NCc1cccnc1-n1cncn1. The van der Waals surface area contributed by atoms with Crippen LogP contribution in [0.4, 0.5) is 4.39 Å². The van der Waals surface area contributed by atoms with Gasteiger partial charge in [-0.15, -0.1) is 10.2 Å². The van der Waals surface area contributed by atoms with Crippen molar-refractivity contribution in [2.75, 3.05) is 5.75 Å². The summed E-state index contributed by atoms with van der Waals surface area (Å²) in [5.41, 5.74) is 1.90. The topological polar surface area (TPSA) is 103 Å². The first-order chi connectivity index (χ1) is 17.2. The van der Waals surface area contributed by atoms with Gasteiger partial charge in [0.15, 0.2) is 16.8 Å². The Morgan fingerprint density at radius 3 is 2.63 bits per heavy atom. The number of amides is 1. The van der Waals surface area contributed by atoms with Gasteiger partial charge in [-0.3, -0.25) is 9.36 Å². The molecule has 0 saturated carbocycles. The number of pyridine rings is 1. The summed E-state index contributed by atoms with van der Waals surface area (Å²) in [6.07, 6.45) is 4.63. The summed E-state index contributed by atoms with van der Waals surface area (Å²) >= 11 is 1.22. The van der Waals surface area contributed by atoms with Gasteiger partial charge in [0.25, 0.3) is 0 Å². The maximum absolute atomic E-state index is 14.5. The Balaban J connectivity index is 1.33. The van der Waals surface area contributed by atoms with Gasteiger partial charge in [0, 0.05) is 24.0 Å². The van der Waals surface area contributed by atoms with E-state index in [1.54, 1.807) is 46.0 Å². The molecule has 0 radical (unpaired) electrons. The Kier molecular flexibility index (Phi) is 6.57. The van der Waals surface area contributed by atoms with Crippen molar-refractivity contribution in [1.29, 1.82) is 0 Å². The molecule has 3 heterocycles. The number of hydrogen-bond donors (Lipinski definition) is 1. The summed E-state index contributed by atoms with van der Waals surface area (Å²) in [4.78, 5) is 20.9. The Labute approximate surface area is 204 Å². The highest BCUT2D eigenvalue weighted by Gasteiger charge is 2.19. The van der Waals surface area contributed by atoms with E-state index in [0.717, 1.165) is 11.3 Å². The highest BCUT2D eigenvalue weighted by atomic mass is 32.2. The average molecular weight is 487 g/mol. The monoisotopic (exact) mass is 486 g/mol. The molecule has 0 atom stereocenters. The van der Waals surface area contributed by atoms with Crippen LogP contribution in [-0.4, -0.2) is 46.2 Å². The van der Waals surface area contributed by atoms with Crippen molar-refractivity contribution in [3.8, 4) is 22.9 Å². The maximum atomic E-state index is 14.5. The van der Waals surface area contributed by atoms with E-state index in [-0.39, 0.29) is 18.2 Å². The van der Waals surface area contributed by atoms with E-state index in [1.165, 1.54) is 24.2 Å². The Bertz CT molecular complexity index is 1440. The molecule has 0 spiro atoms. The number of carbonyl (C=O) groups excluding carboxylic acids is 1. The van der Waals surface area contributed by atoms with Crippen LogP contribution in [0.25, 0.3) is 22.9 Å². The Morgan fingerprint density at radius 1 is 1.00 bits per heavy atom. The van der Waals surface area contributed by atoms with Crippen molar-refractivity contribution in [3.05, 3.63) is 97.0 Å². The average Bonchev–Trinajstić information content (AvgIpc) is 3.58. The molecule has 1 N–H and O–H groups in total. The molecular weight excluding hydrogens is 467 g/mol. The van der Waals surface area contributed by atoms with Gasteiger partial charge in [0.2, 0.25) is 5.91 Å². The van der Waals surface area contributed by atoms with Gasteiger partial charge in [-0.2, -0.15) is 5.10 Å². The van der Waals surface area contributed by atoms with Crippen LogP contribution in [0.3, 0.4) is 0 Å². The second-order valence-corrected chi connectivity index (χ2v) is 8.29. The zero-order valence-corrected chi connectivity index (χ0v) is 19.1. The molecule has 0 unspecified atom stereocenters. The van der Waals surface area contributed by atoms with Gasteiger partial charge in [-0.1, -0.05) is 48.2 Å². The van der Waals surface area contributed by atoms with Gasteiger partial charge in [-0.25, -0.2) is 19.0 Å². The number of nitrogens with one attached hydrogen (secondary N) is 1. The highest BCUT2D eigenvalue weighted by molar-refractivity contribution is 7.99. The van der Waals surface area contributed by atoms with Crippen molar-refractivity contribution in [2.24, 2.45) is 0 Å². The summed E-state index contributed by atoms with van der Waals surface area (Å²) < 4.78 is 17.8. The third-order valence-corrected chi connectivity index (χ3v) is 6.00. The van der Waals surface area contributed by atoms with Crippen molar-refractivity contribution >= 4 is 17.7 Å². The van der Waals surface area contributed by atoms with Gasteiger partial charge in [-0.05, 0) is 30.3 Å². The summed E-state index contributed by atoms with van der Waals surface area (Å²) in [7, 11) is 0. The lowest BCUT2D eigenvalue weighted by atomic mass is 10.2. The van der Waals surface area contributed by atoms with E-state index in [2.05, 4.69) is 30.6 Å². The molecule has 1 amide bonds. The lowest BCUT2D eigenvalue weighted by Crippen LogP contribution is -2.25. The molecule has 3 aromatic heterocycles. The van der Waals surface area contributed by atoms with Crippen LogP contribution >= 0.6 is 11.8 Å². The maximum Gasteiger partial charge on any atom is 0.230 e. The van der Waals surface area contributed by atoms with E-state index in [1.807, 2.05) is 36.4 Å². The molecule has 5 aromatic rings. The molecule has 0 fully saturated rings. The van der Waals surface area contributed by atoms with E-state index in [9.17, 15) is 9.18 Å². The molecule has 5 rings (SSSR count).